The molecule has 2 aromatic carbocycles. The number of aryl methyl sites for hydroxylation is 1. The van der Waals surface area contributed by atoms with Crippen molar-refractivity contribution in [3.63, 3.8) is 0 Å². The fourth-order valence-electron chi connectivity index (χ4n) is 3.68. The van der Waals surface area contributed by atoms with Crippen molar-refractivity contribution in [1.82, 2.24) is 19.8 Å². The summed E-state index contributed by atoms with van der Waals surface area (Å²) in [4.78, 5) is 2.27. The van der Waals surface area contributed by atoms with Gasteiger partial charge in [0.15, 0.2) is 0 Å². The molecule has 0 radical (unpaired) electrons. The van der Waals surface area contributed by atoms with Crippen LogP contribution < -0.4 is 4.72 Å². The minimum Gasteiger partial charge on any atom is -0.419 e. The molecule has 1 aliphatic rings. The molecule has 0 amide bonds. The molecule has 3 aromatic rings. The first-order valence-electron chi connectivity index (χ1n) is 10.2. The predicted octanol–water partition coefficient (Wildman–Crippen LogP) is 3.69. The summed E-state index contributed by atoms with van der Waals surface area (Å²) in [6.45, 7) is 5.42. The van der Waals surface area contributed by atoms with Crippen LogP contribution in [0, 0.1) is 12.7 Å². The number of rotatable bonds is 6. The van der Waals surface area contributed by atoms with Gasteiger partial charge in [0.2, 0.25) is 21.8 Å². The molecule has 1 aromatic heterocycles. The maximum absolute atomic E-state index is 13.1. The number of aromatic nitrogens is 2. The van der Waals surface area contributed by atoms with Crippen LogP contribution in [0.5, 0.6) is 0 Å². The van der Waals surface area contributed by atoms with E-state index in [-0.39, 0.29) is 17.0 Å². The minimum atomic E-state index is -3.67. The van der Waals surface area contributed by atoms with E-state index < -0.39 is 15.8 Å². The lowest BCUT2D eigenvalue weighted by Crippen LogP contribution is -2.45. The first kappa shape index (κ1) is 21.6. The summed E-state index contributed by atoms with van der Waals surface area (Å²) in [5, 5.41) is 8.39. The molecule has 9 heteroatoms. The molecule has 1 atom stereocenters. The van der Waals surface area contributed by atoms with Gasteiger partial charge in [-0.25, -0.2) is 17.5 Å². The minimum absolute atomic E-state index is 0.0682. The van der Waals surface area contributed by atoms with Crippen molar-refractivity contribution >= 4 is 10.0 Å². The van der Waals surface area contributed by atoms with Gasteiger partial charge in [0.05, 0.1) is 10.9 Å². The van der Waals surface area contributed by atoms with E-state index in [4.69, 9.17) is 4.42 Å². The van der Waals surface area contributed by atoms with Crippen molar-refractivity contribution in [2.24, 2.45) is 0 Å². The Morgan fingerprint density at radius 2 is 1.71 bits per heavy atom. The standard InChI is InChI=1S/C22H25FN4O3S/c1-15-3-5-17(6-4-15)22-25-24-21(30-22)16(2)27-13-11-19(12-14-27)26-31(28,29)20-9-7-18(23)8-10-20/h3-10,16,19,26H,11-14H2,1-2H3. The number of likely N-dealkylation sites (tertiary alicyclic amines) is 1. The highest BCUT2D eigenvalue weighted by Crippen LogP contribution is 2.27. The number of sulfonamides is 1. The van der Waals surface area contributed by atoms with Crippen molar-refractivity contribution < 1.29 is 17.2 Å². The number of nitrogens with one attached hydrogen (secondary N) is 1. The van der Waals surface area contributed by atoms with E-state index in [0.717, 1.165) is 23.3 Å². The number of halogens is 1. The van der Waals surface area contributed by atoms with Crippen molar-refractivity contribution in [1.29, 1.82) is 0 Å². The van der Waals surface area contributed by atoms with E-state index >= 15 is 0 Å². The van der Waals surface area contributed by atoms with Crippen LogP contribution in [0.15, 0.2) is 57.8 Å². The third-order valence-electron chi connectivity index (χ3n) is 5.62. The highest BCUT2D eigenvalue weighted by Gasteiger charge is 2.29. The zero-order valence-corrected chi connectivity index (χ0v) is 18.3. The number of benzene rings is 2. The number of hydrogen-bond donors (Lipinski definition) is 1. The topological polar surface area (TPSA) is 88.3 Å². The van der Waals surface area contributed by atoms with Crippen molar-refractivity contribution in [2.45, 2.75) is 43.7 Å². The lowest BCUT2D eigenvalue weighted by molar-refractivity contribution is 0.140. The molecule has 1 unspecified atom stereocenters. The lowest BCUT2D eigenvalue weighted by atomic mass is 10.0. The maximum Gasteiger partial charge on any atom is 0.247 e. The van der Waals surface area contributed by atoms with Gasteiger partial charge in [-0.05, 0) is 63.1 Å². The van der Waals surface area contributed by atoms with Gasteiger partial charge < -0.3 is 4.42 Å². The second kappa shape index (κ2) is 8.86. The van der Waals surface area contributed by atoms with E-state index in [0.29, 0.717) is 37.7 Å². The summed E-state index contributed by atoms with van der Waals surface area (Å²) in [5.41, 5.74) is 2.04. The zero-order valence-electron chi connectivity index (χ0n) is 17.5. The van der Waals surface area contributed by atoms with E-state index in [1.807, 2.05) is 38.1 Å². The normalized spacial score (nSPS) is 17.0. The Morgan fingerprint density at radius 1 is 1.06 bits per heavy atom. The first-order valence-corrected chi connectivity index (χ1v) is 11.7. The SMILES string of the molecule is Cc1ccc(-c2nnc(C(C)N3CCC(NS(=O)(=O)c4ccc(F)cc4)CC3)o2)cc1. The van der Waals surface area contributed by atoms with Gasteiger partial charge >= 0.3 is 0 Å². The number of nitrogens with zero attached hydrogens (tertiary/aromatic N) is 3. The Kier molecular flexibility index (Phi) is 6.17. The Labute approximate surface area is 181 Å². The van der Waals surface area contributed by atoms with E-state index in [9.17, 15) is 12.8 Å². The molecule has 4 rings (SSSR count). The molecular weight excluding hydrogens is 419 g/mol. The van der Waals surface area contributed by atoms with Gasteiger partial charge in [0.1, 0.15) is 5.82 Å². The molecule has 1 fully saturated rings. The summed E-state index contributed by atoms with van der Waals surface area (Å²) in [7, 11) is -3.67. The fraction of sp³-hybridized carbons (Fsp3) is 0.364. The summed E-state index contributed by atoms with van der Waals surface area (Å²) in [6, 6.07) is 12.5. The molecule has 1 N–H and O–H groups in total. The number of hydrogen-bond acceptors (Lipinski definition) is 6. The summed E-state index contributed by atoms with van der Waals surface area (Å²) in [6.07, 6.45) is 1.31. The summed E-state index contributed by atoms with van der Waals surface area (Å²) >= 11 is 0. The Bertz CT molecular complexity index is 1120. The molecule has 164 valence electrons. The molecule has 31 heavy (non-hydrogen) atoms. The van der Waals surface area contributed by atoms with Crippen LogP contribution in [0.2, 0.25) is 0 Å². The largest absolute Gasteiger partial charge is 0.419 e. The highest BCUT2D eigenvalue weighted by atomic mass is 32.2. The Balaban J connectivity index is 1.35. The second-order valence-electron chi connectivity index (χ2n) is 7.87. The Morgan fingerprint density at radius 3 is 2.35 bits per heavy atom. The van der Waals surface area contributed by atoms with Crippen LogP contribution in [0.4, 0.5) is 4.39 Å². The molecule has 0 saturated carbocycles. The smallest absolute Gasteiger partial charge is 0.247 e. The van der Waals surface area contributed by atoms with E-state index in [2.05, 4.69) is 19.8 Å². The van der Waals surface area contributed by atoms with Crippen molar-refractivity contribution in [3.05, 3.63) is 65.8 Å². The van der Waals surface area contributed by atoms with Crippen LogP contribution in [-0.2, 0) is 10.0 Å². The van der Waals surface area contributed by atoms with Crippen molar-refractivity contribution in [3.8, 4) is 11.5 Å². The van der Waals surface area contributed by atoms with Gasteiger partial charge in [-0.3, -0.25) is 4.90 Å². The maximum atomic E-state index is 13.1. The average Bonchev–Trinajstić information content (AvgIpc) is 3.24. The van der Waals surface area contributed by atoms with Gasteiger partial charge in [-0.15, -0.1) is 10.2 Å². The van der Waals surface area contributed by atoms with Gasteiger partial charge in [-0.1, -0.05) is 17.7 Å². The average molecular weight is 445 g/mol. The van der Waals surface area contributed by atoms with Crippen LogP contribution in [0.3, 0.4) is 0 Å². The predicted molar refractivity (Wildman–Crippen MR) is 114 cm³/mol. The molecule has 0 spiro atoms. The monoisotopic (exact) mass is 444 g/mol. The van der Waals surface area contributed by atoms with Gasteiger partial charge in [0.25, 0.3) is 0 Å². The second-order valence-corrected chi connectivity index (χ2v) is 9.59. The summed E-state index contributed by atoms with van der Waals surface area (Å²) in [5.74, 6) is 0.567. The van der Waals surface area contributed by atoms with Crippen LogP contribution in [-0.4, -0.2) is 42.6 Å². The molecule has 7 nitrogen and oxygen atoms in total. The number of piperidine rings is 1. The first-order chi connectivity index (χ1) is 14.8. The third-order valence-corrected chi connectivity index (χ3v) is 7.16. The molecule has 2 heterocycles. The Hall–Kier alpha value is -2.62. The van der Waals surface area contributed by atoms with Crippen LogP contribution in [0.25, 0.3) is 11.5 Å². The summed E-state index contributed by atoms with van der Waals surface area (Å²) < 4.78 is 46.7. The zero-order chi connectivity index (χ0) is 22.0. The van der Waals surface area contributed by atoms with Crippen LogP contribution >= 0.6 is 0 Å². The van der Waals surface area contributed by atoms with Crippen molar-refractivity contribution in [2.75, 3.05) is 13.1 Å². The van der Waals surface area contributed by atoms with E-state index in [1.165, 1.54) is 12.1 Å². The van der Waals surface area contributed by atoms with Crippen LogP contribution in [0.1, 0.15) is 37.3 Å². The quantitative estimate of drug-likeness (QED) is 0.624. The third kappa shape index (κ3) is 5.00. The fourth-order valence-corrected chi connectivity index (χ4v) is 4.98. The van der Waals surface area contributed by atoms with Gasteiger partial charge in [0, 0.05) is 24.7 Å². The molecule has 1 aliphatic heterocycles. The molecule has 0 bridgehead atoms. The molecule has 0 aliphatic carbocycles. The molecule has 1 saturated heterocycles. The van der Waals surface area contributed by atoms with E-state index in [1.54, 1.807) is 0 Å². The molecular formula is C22H25FN4O3S. The van der Waals surface area contributed by atoms with Gasteiger partial charge in [-0.2, -0.15) is 0 Å². The lowest BCUT2D eigenvalue weighted by Gasteiger charge is -2.34. The highest BCUT2D eigenvalue weighted by molar-refractivity contribution is 7.89.